The summed E-state index contributed by atoms with van der Waals surface area (Å²) in [6, 6.07) is 17.6. The first-order valence-electron chi connectivity index (χ1n) is 12.9. The molecular formula is C29H31Cl4N3O4S. The minimum Gasteiger partial charge on any atom is -0.354 e. The zero-order valence-electron chi connectivity index (χ0n) is 22.6. The molecule has 0 aromatic heterocycles. The third-order valence-electron chi connectivity index (χ3n) is 6.30. The number of unbranched alkanes of at least 4 members (excludes halogenated alkanes) is 1. The Morgan fingerprint density at radius 1 is 0.878 bits per heavy atom. The van der Waals surface area contributed by atoms with Crippen LogP contribution in [0.5, 0.6) is 0 Å². The number of amides is 2. The lowest BCUT2D eigenvalue weighted by molar-refractivity contribution is -0.140. The number of benzene rings is 3. The van der Waals surface area contributed by atoms with Crippen LogP contribution < -0.4 is 9.62 Å². The van der Waals surface area contributed by atoms with Crippen LogP contribution >= 0.6 is 46.4 Å². The van der Waals surface area contributed by atoms with Crippen molar-refractivity contribution in [1.29, 1.82) is 0 Å². The van der Waals surface area contributed by atoms with E-state index in [2.05, 4.69) is 5.32 Å². The first-order chi connectivity index (χ1) is 19.4. The summed E-state index contributed by atoms with van der Waals surface area (Å²) in [6.45, 7) is 1.82. The normalized spacial score (nSPS) is 12.0. The second kappa shape index (κ2) is 15.1. The molecule has 0 saturated heterocycles. The minimum atomic E-state index is -3.97. The molecule has 12 heteroatoms. The Labute approximate surface area is 261 Å². The summed E-state index contributed by atoms with van der Waals surface area (Å²) in [5.74, 6) is -0.967. The number of carbonyl (C=O) groups is 2. The van der Waals surface area contributed by atoms with E-state index in [9.17, 15) is 18.0 Å². The molecule has 3 rings (SSSR count). The van der Waals surface area contributed by atoms with E-state index in [1.165, 1.54) is 23.1 Å². The number of halogens is 4. The van der Waals surface area contributed by atoms with Gasteiger partial charge < -0.3 is 10.2 Å². The van der Waals surface area contributed by atoms with E-state index in [0.29, 0.717) is 22.2 Å². The van der Waals surface area contributed by atoms with Crippen molar-refractivity contribution in [3.63, 3.8) is 0 Å². The Kier molecular flexibility index (Phi) is 12.2. The van der Waals surface area contributed by atoms with Gasteiger partial charge in [0, 0.05) is 24.5 Å². The summed E-state index contributed by atoms with van der Waals surface area (Å²) in [5, 5.41) is 3.93. The highest BCUT2D eigenvalue weighted by Crippen LogP contribution is 2.31. The van der Waals surface area contributed by atoms with Crippen LogP contribution in [0.3, 0.4) is 0 Å². The van der Waals surface area contributed by atoms with E-state index in [4.69, 9.17) is 46.4 Å². The predicted octanol–water partition coefficient (Wildman–Crippen LogP) is 6.62. The van der Waals surface area contributed by atoms with Gasteiger partial charge in [-0.15, -0.1) is 0 Å². The Morgan fingerprint density at radius 3 is 2.20 bits per heavy atom. The molecule has 0 heterocycles. The minimum absolute atomic E-state index is 0.0274. The number of rotatable bonds is 13. The summed E-state index contributed by atoms with van der Waals surface area (Å²) in [7, 11) is -3.97. The van der Waals surface area contributed by atoms with Gasteiger partial charge >= 0.3 is 0 Å². The fraction of sp³-hybridized carbons (Fsp3) is 0.310. The molecule has 0 aliphatic heterocycles. The topological polar surface area (TPSA) is 86.8 Å². The van der Waals surface area contributed by atoms with E-state index in [1.54, 1.807) is 18.2 Å². The maximum atomic E-state index is 14.1. The Bertz CT molecular complexity index is 1470. The standard InChI is InChI=1S/C29H31Cl4N3O4S/c1-3-4-14-34-29(38)27(16-20-8-6-5-7-9-20)35(18-21-10-12-23(31)24(32)15-21)28(37)19-36(41(2,39)40)26-13-11-22(30)17-25(26)33/h5-13,15,17,27H,3-4,14,16,18-19H2,1-2H3,(H,34,38). The molecule has 7 nitrogen and oxygen atoms in total. The van der Waals surface area contributed by atoms with Crippen molar-refractivity contribution in [2.45, 2.75) is 38.8 Å². The van der Waals surface area contributed by atoms with E-state index in [1.807, 2.05) is 37.3 Å². The lowest BCUT2D eigenvalue weighted by Gasteiger charge is -2.33. The van der Waals surface area contributed by atoms with Gasteiger partial charge in [0.05, 0.1) is 27.0 Å². The van der Waals surface area contributed by atoms with Crippen LogP contribution in [0.25, 0.3) is 0 Å². The van der Waals surface area contributed by atoms with Gasteiger partial charge in [-0.3, -0.25) is 13.9 Å². The highest BCUT2D eigenvalue weighted by molar-refractivity contribution is 7.92. The summed E-state index contributed by atoms with van der Waals surface area (Å²) in [6.07, 6.45) is 2.82. The smallest absolute Gasteiger partial charge is 0.244 e. The summed E-state index contributed by atoms with van der Waals surface area (Å²) < 4.78 is 26.7. The number of hydrogen-bond acceptors (Lipinski definition) is 4. The average Bonchev–Trinajstić information content (AvgIpc) is 2.91. The quantitative estimate of drug-likeness (QED) is 0.209. The summed E-state index contributed by atoms with van der Waals surface area (Å²) >= 11 is 24.7. The van der Waals surface area contributed by atoms with Crippen LogP contribution in [0.15, 0.2) is 66.7 Å². The molecule has 1 N–H and O–H groups in total. The van der Waals surface area contributed by atoms with Crippen LogP contribution in [0.4, 0.5) is 5.69 Å². The van der Waals surface area contributed by atoms with Crippen molar-refractivity contribution in [3.8, 4) is 0 Å². The molecule has 3 aromatic carbocycles. The third kappa shape index (κ3) is 9.51. The van der Waals surface area contributed by atoms with Crippen molar-refractivity contribution >= 4 is 73.9 Å². The van der Waals surface area contributed by atoms with E-state index in [-0.39, 0.29) is 34.6 Å². The highest BCUT2D eigenvalue weighted by Gasteiger charge is 2.33. The number of nitrogens with one attached hydrogen (secondary N) is 1. The van der Waals surface area contributed by atoms with Crippen molar-refractivity contribution in [2.75, 3.05) is 23.7 Å². The molecule has 2 amide bonds. The molecule has 1 unspecified atom stereocenters. The molecular weight excluding hydrogens is 628 g/mol. The van der Waals surface area contributed by atoms with Crippen molar-refractivity contribution in [3.05, 3.63) is 97.9 Å². The van der Waals surface area contributed by atoms with Crippen molar-refractivity contribution < 1.29 is 18.0 Å². The molecule has 0 bridgehead atoms. The Balaban J connectivity index is 2.07. The summed E-state index contributed by atoms with van der Waals surface area (Å²) in [5.41, 5.74) is 1.53. The Morgan fingerprint density at radius 2 is 1.59 bits per heavy atom. The van der Waals surface area contributed by atoms with Gasteiger partial charge in [-0.05, 0) is 47.9 Å². The predicted molar refractivity (Wildman–Crippen MR) is 168 cm³/mol. The fourth-order valence-corrected chi connectivity index (χ4v) is 5.92. The zero-order chi connectivity index (χ0) is 30.2. The first-order valence-corrected chi connectivity index (χ1v) is 16.2. The van der Waals surface area contributed by atoms with Gasteiger partial charge in [-0.1, -0.05) is 96.1 Å². The Hall–Kier alpha value is -2.49. The van der Waals surface area contributed by atoms with Crippen LogP contribution in [0.2, 0.25) is 20.1 Å². The molecule has 0 fully saturated rings. The van der Waals surface area contributed by atoms with Gasteiger partial charge in [-0.25, -0.2) is 8.42 Å². The van der Waals surface area contributed by atoms with Gasteiger partial charge in [0.25, 0.3) is 0 Å². The number of anilines is 1. The molecule has 0 aliphatic carbocycles. The number of sulfonamides is 1. The van der Waals surface area contributed by atoms with E-state index < -0.39 is 28.5 Å². The number of hydrogen-bond donors (Lipinski definition) is 1. The van der Waals surface area contributed by atoms with Gasteiger partial charge in [0.1, 0.15) is 12.6 Å². The van der Waals surface area contributed by atoms with E-state index in [0.717, 1.165) is 29.0 Å². The third-order valence-corrected chi connectivity index (χ3v) is 8.70. The number of nitrogens with zero attached hydrogens (tertiary/aromatic N) is 2. The van der Waals surface area contributed by atoms with E-state index >= 15 is 0 Å². The molecule has 0 radical (unpaired) electrons. The van der Waals surface area contributed by atoms with Crippen molar-refractivity contribution in [1.82, 2.24) is 10.2 Å². The van der Waals surface area contributed by atoms with Crippen molar-refractivity contribution in [2.24, 2.45) is 0 Å². The highest BCUT2D eigenvalue weighted by atomic mass is 35.5. The second-order valence-corrected chi connectivity index (χ2v) is 13.1. The largest absolute Gasteiger partial charge is 0.354 e. The molecule has 0 spiro atoms. The van der Waals surface area contributed by atoms with Gasteiger partial charge in [0.2, 0.25) is 21.8 Å². The lowest BCUT2D eigenvalue weighted by Crippen LogP contribution is -2.53. The van der Waals surface area contributed by atoms with Crippen LogP contribution in [0, 0.1) is 0 Å². The lowest BCUT2D eigenvalue weighted by atomic mass is 10.0. The first kappa shape index (κ1) is 33.0. The molecule has 220 valence electrons. The maximum absolute atomic E-state index is 14.1. The molecule has 0 saturated carbocycles. The average molecular weight is 659 g/mol. The van der Waals surface area contributed by atoms with Gasteiger partial charge in [-0.2, -0.15) is 0 Å². The molecule has 41 heavy (non-hydrogen) atoms. The SMILES string of the molecule is CCCCNC(=O)C(Cc1ccccc1)N(Cc1ccc(Cl)c(Cl)c1)C(=O)CN(c1ccc(Cl)cc1Cl)S(C)(=O)=O. The van der Waals surface area contributed by atoms with Gasteiger partial charge in [0.15, 0.2) is 0 Å². The molecule has 0 aliphatic rings. The summed E-state index contributed by atoms with van der Waals surface area (Å²) in [4.78, 5) is 29.1. The fourth-order valence-electron chi connectivity index (χ4n) is 4.17. The molecule has 1 atom stereocenters. The van der Waals surface area contributed by atoms with Crippen LogP contribution in [-0.2, 0) is 32.6 Å². The van der Waals surface area contributed by atoms with Crippen LogP contribution in [-0.4, -0.2) is 50.5 Å². The monoisotopic (exact) mass is 657 g/mol. The zero-order valence-corrected chi connectivity index (χ0v) is 26.5. The maximum Gasteiger partial charge on any atom is 0.244 e. The van der Waals surface area contributed by atoms with Crippen LogP contribution in [0.1, 0.15) is 30.9 Å². The second-order valence-electron chi connectivity index (χ2n) is 9.49. The number of carbonyl (C=O) groups excluding carboxylic acids is 2. The molecule has 3 aromatic rings.